The number of aromatic nitrogens is 2. The van der Waals surface area contributed by atoms with Crippen molar-refractivity contribution in [2.24, 2.45) is 0 Å². The van der Waals surface area contributed by atoms with Gasteiger partial charge in [0, 0.05) is 12.6 Å². The minimum atomic E-state index is -5.89. The van der Waals surface area contributed by atoms with Gasteiger partial charge in [-0.05, 0) is 6.07 Å². The first-order valence-corrected chi connectivity index (χ1v) is 12.3. The lowest BCUT2D eigenvalue weighted by Crippen LogP contribution is -2.50. The average Bonchev–Trinajstić information content (AvgIpc) is 2.87. The van der Waals surface area contributed by atoms with Gasteiger partial charge in [0.25, 0.3) is 6.43 Å². The summed E-state index contributed by atoms with van der Waals surface area (Å²) < 4.78 is 77.8. The Balaban J connectivity index is 2.20. The monoisotopic (exact) mass is 517 g/mol. The Morgan fingerprint density at radius 1 is 1.26 bits per heavy atom. The second-order valence-electron chi connectivity index (χ2n) is 5.99. The highest BCUT2D eigenvalue weighted by Gasteiger charge is 2.57. The molecule has 7 N–H and O–H groups in total. The standard InChI is InChI=1S/C10H16F2N3O13P3/c11-8(12)10(4-25-30(21,22)28-31(23,24)27-29(18,19)20)5(16)3-7(26-10)15-2-1-6(13)14-9(15)17/h1-2,5,7-8,16H,3-4H2,(H,21,22)(H,23,24)(H2,13,14,17)(H2,18,19,20)/t5-,7+,10+/m0/s1. The van der Waals surface area contributed by atoms with Gasteiger partial charge in [-0.2, -0.15) is 13.6 Å². The van der Waals surface area contributed by atoms with E-state index in [0.29, 0.717) is 4.57 Å². The molecule has 21 heteroatoms. The second-order valence-corrected chi connectivity index (χ2v) is 10.4. The molecule has 0 aromatic carbocycles. The number of phosphoric ester groups is 1. The number of aliphatic hydroxyl groups excluding tert-OH is 1. The number of hydrogen-bond donors (Lipinski definition) is 6. The first-order chi connectivity index (χ1) is 14.0. The maximum Gasteiger partial charge on any atom is 0.490 e. The number of nitrogens with zero attached hydrogens (tertiary/aromatic N) is 2. The highest BCUT2D eigenvalue weighted by atomic mass is 31.3. The van der Waals surface area contributed by atoms with Crippen molar-refractivity contribution < 1.29 is 65.0 Å². The van der Waals surface area contributed by atoms with E-state index < -0.39 is 66.5 Å². The van der Waals surface area contributed by atoms with Crippen LogP contribution >= 0.6 is 23.5 Å². The quantitative estimate of drug-likeness (QED) is 0.225. The van der Waals surface area contributed by atoms with Gasteiger partial charge in [-0.25, -0.2) is 27.3 Å². The number of aliphatic hydroxyl groups is 1. The number of anilines is 1. The first-order valence-electron chi connectivity index (χ1n) is 7.73. The lowest BCUT2D eigenvalue weighted by Gasteiger charge is -2.31. The van der Waals surface area contributed by atoms with E-state index >= 15 is 0 Å². The molecule has 1 fully saturated rings. The molecule has 0 amide bonds. The molecule has 1 aromatic rings. The average molecular weight is 517 g/mol. The molecule has 0 bridgehead atoms. The summed E-state index contributed by atoms with van der Waals surface area (Å²) in [5.41, 5.74) is 1.27. The Kier molecular flexibility index (Phi) is 7.60. The van der Waals surface area contributed by atoms with Gasteiger partial charge in [0.2, 0.25) is 0 Å². The van der Waals surface area contributed by atoms with Crippen molar-refractivity contribution in [2.45, 2.75) is 30.8 Å². The predicted octanol–water partition coefficient (Wildman–Crippen LogP) is -0.548. The fourth-order valence-corrected chi connectivity index (χ4v) is 5.52. The maximum atomic E-state index is 13.7. The van der Waals surface area contributed by atoms with Crippen molar-refractivity contribution >= 4 is 29.3 Å². The van der Waals surface area contributed by atoms with Crippen molar-refractivity contribution in [3.63, 3.8) is 0 Å². The summed E-state index contributed by atoms with van der Waals surface area (Å²) in [6, 6.07) is 1.13. The van der Waals surface area contributed by atoms with E-state index in [9.17, 15) is 37.3 Å². The highest BCUT2D eigenvalue weighted by Crippen LogP contribution is 2.66. The number of ether oxygens (including phenoxy) is 1. The molecule has 5 atom stereocenters. The zero-order valence-electron chi connectivity index (χ0n) is 14.9. The van der Waals surface area contributed by atoms with Crippen molar-refractivity contribution in [1.29, 1.82) is 0 Å². The van der Waals surface area contributed by atoms with Crippen LogP contribution in [0.5, 0.6) is 0 Å². The third kappa shape index (κ3) is 6.68. The minimum Gasteiger partial charge on any atom is -0.390 e. The number of hydrogen-bond acceptors (Lipinski definition) is 11. The van der Waals surface area contributed by atoms with Crippen LogP contribution in [-0.2, 0) is 31.6 Å². The van der Waals surface area contributed by atoms with Crippen LogP contribution < -0.4 is 11.4 Å². The van der Waals surface area contributed by atoms with Crippen molar-refractivity contribution in [2.75, 3.05) is 12.3 Å². The number of nitrogen functional groups attached to an aromatic ring is 1. The Bertz CT molecular complexity index is 1020. The van der Waals surface area contributed by atoms with Gasteiger partial charge >= 0.3 is 29.2 Å². The summed E-state index contributed by atoms with van der Waals surface area (Å²) in [5, 5.41) is 10.1. The summed E-state index contributed by atoms with van der Waals surface area (Å²) in [6.45, 7) is -1.62. The van der Waals surface area contributed by atoms with Gasteiger partial charge in [-0.1, -0.05) is 0 Å². The van der Waals surface area contributed by atoms with Gasteiger partial charge in [0.15, 0.2) is 5.60 Å². The molecule has 1 aliphatic rings. The molecule has 0 spiro atoms. The van der Waals surface area contributed by atoms with Crippen molar-refractivity contribution in [3.05, 3.63) is 22.7 Å². The molecule has 1 aromatic heterocycles. The molecule has 0 aliphatic carbocycles. The Hall–Kier alpha value is -1.13. The van der Waals surface area contributed by atoms with Gasteiger partial charge in [-0.15, -0.1) is 0 Å². The van der Waals surface area contributed by atoms with Crippen LogP contribution in [0.4, 0.5) is 14.6 Å². The van der Waals surface area contributed by atoms with E-state index in [-0.39, 0.29) is 5.82 Å². The van der Waals surface area contributed by atoms with Gasteiger partial charge in [-0.3, -0.25) is 9.09 Å². The summed E-state index contributed by atoms with van der Waals surface area (Å²) in [4.78, 5) is 50.6. The van der Waals surface area contributed by atoms with Crippen LogP contribution in [0, 0.1) is 0 Å². The molecule has 16 nitrogen and oxygen atoms in total. The molecular formula is C10H16F2N3O13P3. The molecule has 1 saturated heterocycles. The van der Waals surface area contributed by atoms with E-state index in [1.165, 1.54) is 0 Å². The molecule has 2 rings (SSSR count). The normalized spacial score (nSPS) is 28.4. The van der Waals surface area contributed by atoms with Crippen LogP contribution in [0.25, 0.3) is 0 Å². The van der Waals surface area contributed by atoms with Gasteiger partial charge < -0.3 is 35.2 Å². The lowest BCUT2D eigenvalue weighted by molar-refractivity contribution is -0.193. The lowest BCUT2D eigenvalue weighted by atomic mass is 9.98. The topological polar surface area (TPSA) is 250 Å². The largest absolute Gasteiger partial charge is 0.490 e. The smallest absolute Gasteiger partial charge is 0.390 e. The zero-order valence-corrected chi connectivity index (χ0v) is 17.6. The van der Waals surface area contributed by atoms with E-state index in [4.69, 9.17) is 25.2 Å². The molecule has 2 unspecified atom stereocenters. The summed E-state index contributed by atoms with van der Waals surface area (Å²) in [5.74, 6) is -0.187. The molecular weight excluding hydrogens is 501 g/mol. The Morgan fingerprint density at radius 2 is 1.87 bits per heavy atom. The fourth-order valence-electron chi connectivity index (χ4n) is 2.46. The van der Waals surface area contributed by atoms with E-state index in [0.717, 1.165) is 12.3 Å². The number of nitrogens with two attached hydrogens (primary N) is 1. The highest BCUT2D eigenvalue weighted by molar-refractivity contribution is 7.66. The number of phosphoric acid groups is 3. The van der Waals surface area contributed by atoms with E-state index in [1.807, 2.05) is 0 Å². The maximum absolute atomic E-state index is 13.7. The molecule has 178 valence electrons. The Morgan fingerprint density at radius 3 is 2.39 bits per heavy atom. The fraction of sp³-hybridized carbons (Fsp3) is 0.600. The SMILES string of the molecule is Nc1ccn([C@H]2C[C@H](O)[C@](COP(=O)(O)OP(=O)(O)OP(=O)(O)O)(C(F)F)O2)c(=O)n1. The third-order valence-electron chi connectivity index (χ3n) is 3.74. The number of alkyl halides is 2. The summed E-state index contributed by atoms with van der Waals surface area (Å²) in [7, 11) is -17.3. The van der Waals surface area contributed by atoms with Crippen LogP contribution in [0.3, 0.4) is 0 Å². The summed E-state index contributed by atoms with van der Waals surface area (Å²) in [6.07, 6.45) is -6.80. The number of rotatable bonds is 9. The van der Waals surface area contributed by atoms with Crippen molar-refractivity contribution in [3.8, 4) is 0 Å². The van der Waals surface area contributed by atoms with Crippen LogP contribution in [0.1, 0.15) is 12.6 Å². The molecule has 2 heterocycles. The zero-order chi connectivity index (χ0) is 23.8. The van der Waals surface area contributed by atoms with Crippen molar-refractivity contribution in [1.82, 2.24) is 9.55 Å². The predicted molar refractivity (Wildman–Crippen MR) is 92.2 cm³/mol. The number of halogens is 2. The summed E-state index contributed by atoms with van der Waals surface area (Å²) >= 11 is 0. The molecule has 0 radical (unpaired) electrons. The molecule has 0 saturated carbocycles. The molecule has 31 heavy (non-hydrogen) atoms. The molecule has 1 aliphatic heterocycles. The van der Waals surface area contributed by atoms with Crippen LogP contribution in [0.2, 0.25) is 0 Å². The first kappa shape index (κ1) is 26.1. The van der Waals surface area contributed by atoms with E-state index in [1.54, 1.807) is 0 Å². The Labute approximate surface area is 170 Å². The van der Waals surface area contributed by atoms with Gasteiger partial charge in [0.1, 0.15) is 12.0 Å². The second kappa shape index (κ2) is 9.02. The van der Waals surface area contributed by atoms with Crippen LogP contribution in [0.15, 0.2) is 17.1 Å². The third-order valence-corrected chi connectivity index (χ3v) is 7.53. The minimum absolute atomic E-state index is 0.187. The van der Waals surface area contributed by atoms with Crippen LogP contribution in [-0.4, -0.2) is 59.0 Å². The van der Waals surface area contributed by atoms with Gasteiger partial charge in [0.05, 0.1) is 12.7 Å². The van der Waals surface area contributed by atoms with E-state index in [2.05, 4.69) is 18.1 Å².